The number of likely N-dealkylation sites (tertiary alicyclic amines) is 1. The molecule has 1 saturated carbocycles. The van der Waals surface area contributed by atoms with Crippen LogP contribution in [0.1, 0.15) is 50.2 Å². The molecular weight excluding hydrogens is 320 g/mol. The fraction of sp³-hybridized carbons (Fsp3) is 0.765. The number of aromatic nitrogens is 2. The first-order valence-corrected chi connectivity index (χ1v) is 9.06. The molecule has 0 bridgehead atoms. The van der Waals surface area contributed by atoms with Crippen LogP contribution in [0.5, 0.6) is 0 Å². The van der Waals surface area contributed by atoms with E-state index < -0.39 is 5.54 Å². The molecule has 1 aliphatic heterocycles. The third-order valence-electron chi connectivity index (χ3n) is 5.04. The maximum atomic E-state index is 12.2. The van der Waals surface area contributed by atoms with Gasteiger partial charge < -0.3 is 15.2 Å². The molecule has 0 spiro atoms. The molecular formula is C17H26N6O2. The number of hydrogen-bond acceptors (Lipinski definition) is 7. The van der Waals surface area contributed by atoms with Gasteiger partial charge in [0.15, 0.2) is 5.82 Å². The fourth-order valence-corrected chi connectivity index (χ4v) is 3.76. The Labute approximate surface area is 147 Å². The first-order chi connectivity index (χ1) is 12.1. The average molecular weight is 346 g/mol. The van der Waals surface area contributed by atoms with Crippen molar-refractivity contribution in [2.24, 2.45) is 0 Å². The highest BCUT2D eigenvalue weighted by Crippen LogP contribution is 2.28. The number of rotatable bonds is 6. The van der Waals surface area contributed by atoms with Crippen molar-refractivity contribution in [1.29, 1.82) is 5.26 Å². The summed E-state index contributed by atoms with van der Waals surface area (Å²) in [5.41, 5.74) is -0.645. The molecule has 1 aliphatic carbocycles. The first-order valence-electron chi connectivity index (χ1n) is 9.06. The summed E-state index contributed by atoms with van der Waals surface area (Å²) in [6, 6.07) is 2.55. The van der Waals surface area contributed by atoms with Gasteiger partial charge in [-0.25, -0.2) is 0 Å². The summed E-state index contributed by atoms with van der Waals surface area (Å²) in [7, 11) is 0. The monoisotopic (exact) mass is 346 g/mol. The Hall–Kier alpha value is -1.98. The SMILES string of the molecule is Cc1nc(CN2CCC[C@H](NCC(=O)NC3(C#N)CCCC3)C2)no1. The molecule has 0 unspecified atom stereocenters. The summed E-state index contributed by atoms with van der Waals surface area (Å²) in [5, 5.41) is 19.5. The molecule has 25 heavy (non-hydrogen) atoms. The van der Waals surface area contributed by atoms with Crippen molar-refractivity contribution in [3.05, 3.63) is 11.7 Å². The normalized spacial score (nSPS) is 23.3. The Bertz CT molecular complexity index is 631. The van der Waals surface area contributed by atoms with E-state index in [9.17, 15) is 10.1 Å². The molecule has 3 rings (SSSR count). The molecule has 2 heterocycles. The highest BCUT2D eigenvalue weighted by molar-refractivity contribution is 5.79. The third-order valence-corrected chi connectivity index (χ3v) is 5.04. The average Bonchev–Trinajstić information content (AvgIpc) is 3.23. The Balaban J connectivity index is 1.43. The number of hydrogen-bond donors (Lipinski definition) is 2. The van der Waals surface area contributed by atoms with Crippen molar-refractivity contribution >= 4 is 5.91 Å². The van der Waals surface area contributed by atoms with Gasteiger partial charge in [-0.3, -0.25) is 9.69 Å². The van der Waals surface area contributed by atoms with E-state index in [0.717, 1.165) is 51.6 Å². The zero-order chi connectivity index (χ0) is 17.7. The van der Waals surface area contributed by atoms with Crippen molar-refractivity contribution < 1.29 is 9.32 Å². The minimum Gasteiger partial charge on any atom is -0.340 e. The van der Waals surface area contributed by atoms with Crippen LogP contribution in [-0.2, 0) is 11.3 Å². The van der Waals surface area contributed by atoms with Crippen molar-refractivity contribution in [2.75, 3.05) is 19.6 Å². The van der Waals surface area contributed by atoms with Crippen molar-refractivity contribution in [3.63, 3.8) is 0 Å². The minimum absolute atomic E-state index is 0.0885. The molecule has 136 valence electrons. The molecule has 1 aromatic rings. The fourth-order valence-electron chi connectivity index (χ4n) is 3.76. The minimum atomic E-state index is -0.645. The number of carbonyl (C=O) groups is 1. The molecule has 0 radical (unpaired) electrons. The van der Waals surface area contributed by atoms with Crippen LogP contribution in [0.25, 0.3) is 0 Å². The third kappa shape index (κ3) is 4.77. The predicted octanol–water partition coefficient (Wildman–Crippen LogP) is 0.885. The summed E-state index contributed by atoms with van der Waals surface area (Å²) in [5.74, 6) is 1.19. The van der Waals surface area contributed by atoms with E-state index in [1.165, 1.54) is 0 Å². The van der Waals surface area contributed by atoms with Gasteiger partial charge in [-0.05, 0) is 45.1 Å². The van der Waals surface area contributed by atoms with Gasteiger partial charge in [0.2, 0.25) is 11.8 Å². The number of nitrogens with one attached hydrogen (secondary N) is 2. The highest BCUT2D eigenvalue weighted by atomic mass is 16.5. The van der Waals surface area contributed by atoms with E-state index in [1.54, 1.807) is 6.92 Å². The second kappa shape index (κ2) is 7.93. The maximum Gasteiger partial charge on any atom is 0.235 e. The first kappa shape index (κ1) is 17.8. The highest BCUT2D eigenvalue weighted by Gasteiger charge is 2.35. The van der Waals surface area contributed by atoms with Gasteiger partial charge in [-0.1, -0.05) is 5.16 Å². The number of nitriles is 1. The van der Waals surface area contributed by atoms with Crippen molar-refractivity contribution in [3.8, 4) is 6.07 Å². The summed E-state index contributed by atoms with van der Waals surface area (Å²) in [6.45, 7) is 4.55. The molecule has 0 aromatic carbocycles. The smallest absolute Gasteiger partial charge is 0.235 e. The Morgan fingerprint density at radius 3 is 2.92 bits per heavy atom. The molecule has 1 atom stereocenters. The number of carbonyl (C=O) groups excluding carboxylic acids is 1. The quantitative estimate of drug-likeness (QED) is 0.787. The van der Waals surface area contributed by atoms with Crippen LogP contribution in [0, 0.1) is 18.3 Å². The molecule has 1 saturated heterocycles. The number of nitrogens with zero attached hydrogens (tertiary/aromatic N) is 4. The van der Waals surface area contributed by atoms with Crippen LogP contribution in [0.4, 0.5) is 0 Å². The van der Waals surface area contributed by atoms with E-state index in [4.69, 9.17) is 4.52 Å². The van der Waals surface area contributed by atoms with Crippen LogP contribution < -0.4 is 10.6 Å². The van der Waals surface area contributed by atoms with Gasteiger partial charge in [0.25, 0.3) is 0 Å². The summed E-state index contributed by atoms with van der Waals surface area (Å²) in [4.78, 5) is 18.7. The lowest BCUT2D eigenvalue weighted by Crippen LogP contribution is -2.52. The predicted molar refractivity (Wildman–Crippen MR) is 90.3 cm³/mol. The van der Waals surface area contributed by atoms with Crippen molar-refractivity contribution in [1.82, 2.24) is 25.7 Å². The second-order valence-electron chi connectivity index (χ2n) is 7.13. The topological polar surface area (TPSA) is 107 Å². The molecule has 1 amide bonds. The number of aryl methyl sites for hydroxylation is 1. The number of amides is 1. The van der Waals surface area contributed by atoms with E-state index in [2.05, 4.69) is 31.7 Å². The van der Waals surface area contributed by atoms with E-state index in [1.807, 2.05) is 0 Å². The Kier molecular flexibility index (Phi) is 5.66. The van der Waals surface area contributed by atoms with Crippen LogP contribution >= 0.6 is 0 Å². The lowest BCUT2D eigenvalue weighted by Gasteiger charge is -2.32. The van der Waals surface area contributed by atoms with Gasteiger partial charge in [-0.2, -0.15) is 10.2 Å². The number of piperidine rings is 1. The molecule has 2 aliphatic rings. The van der Waals surface area contributed by atoms with Gasteiger partial charge in [0.1, 0.15) is 5.54 Å². The molecule has 2 N–H and O–H groups in total. The van der Waals surface area contributed by atoms with Crippen LogP contribution in [0.15, 0.2) is 4.52 Å². The van der Waals surface area contributed by atoms with Crippen LogP contribution in [0.3, 0.4) is 0 Å². The summed E-state index contributed by atoms with van der Waals surface area (Å²) < 4.78 is 5.01. The zero-order valence-electron chi connectivity index (χ0n) is 14.8. The van der Waals surface area contributed by atoms with Gasteiger partial charge in [0.05, 0.1) is 19.2 Å². The Morgan fingerprint density at radius 1 is 1.44 bits per heavy atom. The zero-order valence-corrected chi connectivity index (χ0v) is 14.8. The standard InChI is InChI=1S/C17H26N6O2/c1-13-20-15(22-25-13)11-23-8-4-5-14(10-23)19-9-16(24)21-17(12-18)6-2-3-7-17/h14,19H,2-11H2,1H3,(H,21,24)/t14-/m0/s1. The lowest BCUT2D eigenvalue weighted by molar-refractivity contribution is -0.121. The molecule has 8 nitrogen and oxygen atoms in total. The maximum absolute atomic E-state index is 12.2. The Morgan fingerprint density at radius 2 is 2.24 bits per heavy atom. The summed E-state index contributed by atoms with van der Waals surface area (Å²) >= 11 is 0. The molecule has 2 fully saturated rings. The van der Waals surface area contributed by atoms with Crippen LogP contribution in [0.2, 0.25) is 0 Å². The largest absolute Gasteiger partial charge is 0.340 e. The van der Waals surface area contributed by atoms with E-state index >= 15 is 0 Å². The molecule has 1 aromatic heterocycles. The van der Waals surface area contributed by atoms with E-state index in [0.29, 0.717) is 18.3 Å². The van der Waals surface area contributed by atoms with Gasteiger partial charge in [0, 0.05) is 19.5 Å². The van der Waals surface area contributed by atoms with Gasteiger partial charge in [-0.15, -0.1) is 0 Å². The van der Waals surface area contributed by atoms with Gasteiger partial charge >= 0.3 is 0 Å². The van der Waals surface area contributed by atoms with E-state index in [-0.39, 0.29) is 18.5 Å². The van der Waals surface area contributed by atoms with Crippen LogP contribution in [-0.4, -0.2) is 52.2 Å². The summed E-state index contributed by atoms with van der Waals surface area (Å²) in [6.07, 6.45) is 5.65. The molecule has 8 heteroatoms. The van der Waals surface area contributed by atoms with Crippen molar-refractivity contribution in [2.45, 2.75) is 63.6 Å². The second-order valence-corrected chi connectivity index (χ2v) is 7.13. The lowest BCUT2D eigenvalue weighted by atomic mass is 10.00.